The molecule has 1 unspecified atom stereocenters. The number of amidine groups is 1. The van der Waals surface area contributed by atoms with Crippen molar-refractivity contribution in [1.82, 2.24) is 15.4 Å². The number of hydrogen-bond donors (Lipinski definition) is 1. The molecule has 1 aliphatic rings. The van der Waals surface area contributed by atoms with Crippen LogP contribution in [0.25, 0.3) is 0 Å². The first-order valence-electron chi connectivity index (χ1n) is 5.91. The number of azo groups is 1. The molecule has 0 aromatic carbocycles. The molecule has 3 heterocycles. The quantitative estimate of drug-likeness (QED) is 0.890. The van der Waals surface area contributed by atoms with Crippen LogP contribution in [0.1, 0.15) is 23.1 Å². The minimum absolute atomic E-state index is 0.338. The van der Waals surface area contributed by atoms with Crippen molar-refractivity contribution in [2.24, 2.45) is 15.3 Å². The Morgan fingerprint density at radius 3 is 2.68 bits per heavy atom. The average molecular weight is 252 g/mol. The molecule has 0 bridgehead atoms. The van der Waals surface area contributed by atoms with E-state index >= 15 is 0 Å². The van der Waals surface area contributed by atoms with E-state index in [4.69, 9.17) is 0 Å². The van der Waals surface area contributed by atoms with Gasteiger partial charge in [0.15, 0.2) is 6.17 Å². The summed E-state index contributed by atoms with van der Waals surface area (Å²) in [6.07, 6.45) is 3.15. The summed E-state index contributed by atoms with van der Waals surface area (Å²) in [5, 5.41) is 12.4. The summed E-state index contributed by atoms with van der Waals surface area (Å²) in [6, 6.07) is 9.47. The van der Waals surface area contributed by atoms with Gasteiger partial charge in [0, 0.05) is 12.4 Å². The zero-order valence-electron chi connectivity index (χ0n) is 10.4. The largest absolute Gasteiger partial charge is 0.276 e. The van der Waals surface area contributed by atoms with Crippen LogP contribution in [-0.4, -0.2) is 15.8 Å². The minimum Gasteiger partial charge on any atom is -0.276 e. The lowest BCUT2D eigenvalue weighted by Gasteiger charge is -2.14. The normalized spacial score (nSPS) is 17.7. The van der Waals surface area contributed by atoms with Gasteiger partial charge < -0.3 is 0 Å². The molecule has 2 aromatic heterocycles. The summed E-state index contributed by atoms with van der Waals surface area (Å²) >= 11 is 0. The van der Waals surface area contributed by atoms with E-state index in [1.54, 1.807) is 12.4 Å². The van der Waals surface area contributed by atoms with E-state index in [2.05, 4.69) is 30.7 Å². The van der Waals surface area contributed by atoms with Crippen molar-refractivity contribution < 1.29 is 0 Å². The third-order valence-corrected chi connectivity index (χ3v) is 2.67. The van der Waals surface area contributed by atoms with E-state index in [0.29, 0.717) is 11.5 Å². The second kappa shape index (κ2) is 4.93. The molecule has 94 valence electrons. The molecule has 1 atom stereocenters. The molecule has 0 fully saturated rings. The zero-order chi connectivity index (χ0) is 13.1. The Balaban J connectivity index is 1.78. The van der Waals surface area contributed by atoms with Crippen molar-refractivity contribution in [1.29, 1.82) is 0 Å². The van der Waals surface area contributed by atoms with Crippen molar-refractivity contribution in [3.05, 3.63) is 59.7 Å². The monoisotopic (exact) mass is 252 g/mol. The molecule has 0 saturated heterocycles. The van der Waals surface area contributed by atoms with E-state index in [9.17, 15) is 0 Å². The number of hydrogen-bond acceptors (Lipinski definition) is 6. The lowest BCUT2D eigenvalue weighted by Crippen LogP contribution is -2.21. The summed E-state index contributed by atoms with van der Waals surface area (Å²) in [5.74, 6) is 0.479. The Hall–Kier alpha value is -2.63. The van der Waals surface area contributed by atoms with Crippen LogP contribution in [0.2, 0.25) is 0 Å². The van der Waals surface area contributed by atoms with Crippen LogP contribution in [0.3, 0.4) is 0 Å². The molecule has 0 radical (unpaired) electrons. The number of nitrogens with zero attached hydrogens (tertiary/aromatic N) is 5. The average Bonchev–Trinajstić information content (AvgIpc) is 2.49. The molecule has 6 nitrogen and oxygen atoms in total. The standard InChI is InChI=1S/C13H12N6/c1-9-5-6-11(15-8-9)13-18-16-12(17-19-13)10-4-2-3-7-14-10/h2-8,12,16H,1H3. The fourth-order valence-electron chi connectivity index (χ4n) is 1.65. The molecule has 3 rings (SSSR count). The van der Waals surface area contributed by atoms with Gasteiger partial charge in [-0.25, -0.2) is 0 Å². The fourth-order valence-corrected chi connectivity index (χ4v) is 1.65. The molecule has 19 heavy (non-hydrogen) atoms. The predicted octanol–water partition coefficient (Wildman–Crippen LogP) is 2.20. The van der Waals surface area contributed by atoms with E-state index in [-0.39, 0.29) is 6.17 Å². The topological polar surface area (TPSA) is 74.9 Å². The van der Waals surface area contributed by atoms with E-state index in [0.717, 1.165) is 11.3 Å². The summed E-state index contributed by atoms with van der Waals surface area (Å²) in [6.45, 7) is 1.98. The van der Waals surface area contributed by atoms with Gasteiger partial charge in [0.05, 0.1) is 5.69 Å². The SMILES string of the molecule is Cc1ccc(C2=NNC(c3ccccn3)N=N2)nc1. The minimum atomic E-state index is -0.338. The molecular weight excluding hydrogens is 240 g/mol. The highest BCUT2D eigenvalue weighted by molar-refractivity contribution is 5.97. The molecule has 6 heteroatoms. The lowest BCUT2D eigenvalue weighted by atomic mass is 10.2. The molecule has 1 aliphatic heterocycles. The van der Waals surface area contributed by atoms with Gasteiger partial charge >= 0.3 is 0 Å². The maximum Gasteiger partial charge on any atom is 0.218 e. The van der Waals surface area contributed by atoms with Gasteiger partial charge in [-0.1, -0.05) is 12.1 Å². The molecule has 1 N–H and O–H groups in total. The maximum absolute atomic E-state index is 4.26. The van der Waals surface area contributed by atoms with Gasteiger partial charge in [0.25, 0.3) is 0 Å². The number of rotatable bonds is 2. The van der Waals surface area contributed by atoms with Crippen LogP contribution in [0, 0.1) is 6.92 Å². The Morgan fingerprint density at radius 1 is 1.11 bits per heavy atom. The number of aryl methyl sites for hydroxylation is 1. The van der Waals surface area contributed by atoms with Crippen LogP contribution < -0.4 is 5.43 Å². The number of nitrogens with one attached hydrogen (secondary N) is 1. The molecule has 0 spiro atoms. The number of hydrazone groups is 1. The van der Waals surface area contributed by atoms with Gasteiger partial charge in [-0.2, -0.15) is 10.2 Å². The fraction of sp³-hybridized carbons (Fsp3) is 0.154. The van der Waals surface area contributed by atoms with E-state index in [1.807, 2.05) is 37.3 Å². The van der Waals surface area contributed by atoms with Gasteiger partial charge in [-0.15, -0.1) is 5.11 Å². The van der Waals surface area contributed by atoms with Gasteiger partial charge in [0.2, 0.25) is 5.84 Å². The smallest absolute Gasteiger partial charge is 0.218 e. The van der Waals surface area contributed by atoms with Crippen LogP contribution in [0.4, 0.5) is 0 Å². The first-order chi connectivity index (χ1) is 9.33. The molecular formula is C13H12N6. The molecule has 0 aliphatic carbocycles. The van der Waals surface area contributed by atoms with Crippen LogP contribution in [0.5, 0.6) is 0 Å². The second-order valence-electron chi connectivity index (χ2n) is 4.16. The first kappa shape index (κ1) is 11.5. The summed E-state index contributed by atoms with van der Waals surface area (Å²) in [7, 11) is 0. The molecule has 2 aromatic rings. The third kappa shape index (κ3) is 2.47. The number of aromatic nitrogens is 2. The van der Waals surface area contributed by atoms with Crippen LogP contribution >= 0.6 is 0 Å². The predicted molar refractivity (Wildman–Crippen MR) is 70.5 cm³/mol. The Labute approximate surface area is 110 Å². The van der Waals surface area contributed by atoms with Crippen molar-refractivity contribution in [2.75, 3.05) is 0 Å². The summed E-state index contributed by atoms with van der Waals surface area (Å²) < 4.78 is 0. The Kier molecular flexibility index (Phi) is 2.97. The van der Waals surface area contributed by atoms with Crippen LogP contribution in [0.15, 0.2) is 58.1 Å². The van der Waals surface area contributed by atoms with Crippen molar-refractivity contribution in [2.45, 2.75) is 13.1 Å². The van der Waals surface area contributed by atoms with E-state index < -0.39 is 0 Å². The molecule has 0 saturated carbocycles. The first-order valence-corrected chi connectivity index (χ1v) is 5.91. The zero-order valence-corrected chi connectivity index (χ0v) is 10.4. The highest BCUT2D eigenvalue weighted by atomic mass is 15.5. The maximum atomic E-state index is 4.26. The summed E-state index contributed by atoms with van der Waals surface area (Å²) in [4.78, 5) is 8.47. The Morgan fingerprint density at radius 2 is 2.05 bits per heavy atom. The van der Waals surface area contributed by atoms with Gasteiger partial charge in [0.1, 0.15) is 5.69 Å². The van der Waals surface area contributed by atoms with Crippen LogP contribution in [-0.2, 0) is 0 Å². The van der Waals surface area contributed by atoms with Gasteiger partial charge in [-0.05, 0) is 30.7 Å². The second-order valence-corrected chi connectivity index (χ2v) is 4.16. The highest BCUT2D eigenvalue weighted by Crippen LogP contribution is 2.16. The Bertz CT molecular complexity index is 617. The lowest BCUT2D eigenvalue weighted by molar-refractivity contribution is 0.529. The van der Waals surface area contributed by atoms with Gasteiger partial charge in [-0.3, -0.25) is 15.4 Å². The van der Waals surface area contributed by atoms with E-state index in [1.165, 1.54) is 0 Å². The van der Waals surface area contributed by atoms with Crippen molar-refractivity contribution in [3.63, 3.8) is 0 Å². The van der Waals surface area contributed by atoms with Crippen molar-refractivity contribution >= 4 is 5.84 Å². The molecule has 0 amide bonds. The number of pyridine rings is 2. The van der Waals surface area contributed by atoms with Crippen molar-refractivity contribution in [3.8, 4) is 0 Å². The highest BCUT2D eigenvalue weighted by Gasteiger charge is 2.16. The third-order valence-electron chi connectivity index (χ3n) is 2.67. The summed E-state index contributed by atoms with van der Waals surface area (Å²) in [5.41, 5.74) is 5.50.